The second kappa shape index (κ2) is 6.23. The van der Waals surface area contributed by atoms with Gasteiger partial charge in [0.05, 0.1) is 17.6 Å². The van der Waals surface area contributed by atoms with Crippen molar-refractivity contribution in [2.24, 2.45) is 0 Å². The van der Waals surface area contributed by atoms with Gasteiger partial charge in [-0.25, -0.2) is 9.18 Å². The number of rotatable bonds is 4. The first-order valence-corrected chi connectivity index (χ1v) is 6.09. The van der Waals surface area contributed by atoms with Crippen LogP contribution >= 0.6 is 11.6 Å². The van der Waals surface area contributed by atoms with Gasteiger partial charge >= 0.3 is 12.0 Å². The number of nitrogens with one attached hydrogen (secondary N) is 2. The van der Waals surface area contributed by atoms with Gasteiger partial charge in [-0.2, -0.15) is 5.10 Å². The fraction of sp³-hybridized carbons (Fsp3) is 0.0833. The number of carboxylic acid groups (broad SMARTS) is 1. The minimum absolute atomic E-state index is 0.0714. The van der Waals surface area contributed by atoms with E-state index in [0.717, 1.165) is 10.7 Å². The Labute approximate surface area is 123 Å². The number of carbonyl (C=O) groups is 2. The lowest BCUT2D eigenvalue weighted by atomic mass is 10.3. The smallest absolute Gasteiger partial charge is 0.325 e. The number of carboxylic acids is 1. The molecule has 2 rings (SSSR count). The minimum atomic E-state index is -1.06. The first kappa shape index (κ1) is 14.8. The monoisotopic (exact) mass is 312 g/mol. The van der Waals surface area contributed by atoms with E-state index in [9.17, 15) is 14.0 Å². The molecule has 0 aliphatic carbocycles. The Hall–Kier alpha value is -2.61. The van der Waals surface area contributed by atoms with Crippen LogP contribution in [-0.2, 0) is 11.3 Å². The van der Waals surface area contributed by atoms with E-state index in [4.69, 9.17) is 16.7 Å². The molecule has 110 valence electrons. The van der Waals surface area contributed by atoms with Crippen molar-refractivity contribution in [3.8, 4) is 0 Å². The normalized spacial score (nSPS) is 10.2. The Morgan fingerprint density at radius 1 is 1.38 bits per heavy atom. The van der Waals surface area contributed by atoms with Crippen LogP contribution < -0.4 is 10.6 Å². The topological polar surface area (TPSA) is 96.2 Å². The second-order valence-corrected chi connectivity index (χ2v) is 4.46. The number of aliphatic carboxylic acids is 1. The number of hydrogen-bond donors (Lipinski definition) is 3. The molecule has 0 saturated carbocycles. The molecule has 1 aromatic carbocycles. The van der Waals surface area contributed by atoms with Gasteiger partial charge in [-0.1, -0.05) is 11.6 Å². The second-order valence-electron chi connectivity index (χ2n) is 4.02. The Morgan fingerprint density at radius 2 is 2.14 bits per heavy atom. The molecule has 0 bridgehead atoms. The first-order valence-electron chi connectivity index (χ1n) is 5.71. The van der Waals surface area contributed by atoms with Crippen LogP contribution in [-0.4, -0.2) is 26.9 Å². The molecule has 2 aromatic rings. The largest absolute Gasteiger partial charge is 0.480 e. The van der Waals surface area contributed by atoms with Crippen LogP contribution in [0.5, 0.6) is 0 Å². The molecule has 1 heterocycles. The summed E-state index contributed by atoms with van der Waals surface area (Å²) in [7, 11) is 0. The Balaban J connectivity index is 2.00. The van der Waals surface area contributed by atoms with Crippen LogP contribution in [0.4, 0.5) is 20.6 Å². The molecule has 0 unspecified atom stereocenters. The van der Waals surface area contributed by atoms with Crippen molar-refractivity contribution in [3.63, 3.8) is 0 Å². The summed E-state index contributed by atoms with van der Waals surface area (Å²) in [6, 6.07) is 3.05. The number of anilines is 2. The maximum absolute atomic E-state index is 13.4. The van der Waals surface area contributed by atoms with Gasteiger partial charge < -0.3 is 15.7 Å². The Bertz CT molecular complexity index is 689. The molecule has 21 heavy (non-hydrogen) atoms. The summed E-state index contributed by atoms with van der Waals surface area (Å²) in [4.78, 5) is 22.2. The molecule has 0 spiro atoms. The minimum Gasteiger partial charge on any atom is -0.480 e. The average Bonchev–Trinajstić information content (AvgIpc) is 2.80. The summed E-state index contributed by atoms with van der Waals surface area (Å²) < 4.78 is 14.6. The molecule has 0 fully saturated rings. The molecule has 1 aromatic heterocycles. The molecule has 2 amide bonds. The highest BCUT2D eigenvalue weighted by Crippen LogP contribution is 2.19. The van der Waals surface area contributed by atoms with Crippen LogP contribution in [0.1, 0.15) is 0 Å². The third kappa shape index (κ3) is 4.18. The van der Waals surface area contributed by atoms with Crippen LogP contribution in [0.2, 0.25) is 5.02 Å². The van der Waals surface area contributed by atoms with Gasteiger partial charge in [0.2, 0.25) is 0 Å². The molecule has 0 aliphatic rings. The number of aromatic nitrogens is 2. The number of urea groups is 1. The van der Waals surface area contributed by atoms with Gasteiger partial charge in [-0.05, 0) is 18.2 Å². The van der Waals surface area contributed by atoms with Crippen LogP contribution in [0, 0.1) is 5.82 Å². The third-order valence-electron chi connectivity index (χ3n) is 2.36. The van der Waals surface area contributed by atoms with Crippen molar-refractivity contribution in [2.75, 3.05) is 10.6 Å². The van der Waals surface area contributed by atoms with E-state index in [-0.39, 0.29) is 22.9 Å². The maximum atomic E-state index is 13.4. The van der Waals surface area contributed by atoms with Gasteiger partial charge in [0.25, 0.3) is 0 Å². The van der Waals surface area contributed by atoms with Crippen molar-refractivity contribution in [1.82, 2.24) is 9.78 Å². The molecule has 0 radical (unpaired) electrons. The fourth-order valence-corrected chi connectivity index (χ4v) is 1.70. The SMILES string of the molecule is O=C(O)Cn1cc(NC(=O)Nc2cc(Cl)ccc2F)cn1. The van der Waals surface area contributed by atoms with E-state index < -0.39 is 17.8 Å². The highest BCUT2D eigenvalue weighted by Gasteiger charge is 2.09. The first-order chi connectivity index (χ1) is 9.94. The van der Waals surface area contributed by atoms with Crippen molar-refractivity contribution in [1.29, 1.82) is 0 Å². The van der Waals surface area contributed by atoms with Gasteiger partial charge in [-0.3, -0.25) is 9.48 Å². The lowest BCUT2D eigenvalue weighted by Crippen LogP contribution is -2.19. The maximum Gasteiger partial charge on any atom is 0.325 e. The van der Waals surface area contributed by atoms with Crippen LogP contribution in [0.3, 0.4) is 0 Å². The van der Waals surface area contributed by atoms with Crippen molar-refractivity contribution in [3.05, 3.63) is 41.4 Å². The standard InChI is InChI=1S/C12H10ClFN4O3/c13-7-1-2-9(14)10(3-7)17-12(21)16-8-4-15-18(5-8)6-11(19)20/h1-5H,6H2,(H,19,20)(H2,16,17,21). The summed E-state index contributed by atoms with van der Waals surface area (Å²) in [6.45, 7) is -0.327. The van der Waals surface area contributed by atoms with Gasteiger partial charge in [-0.15, -0.1) is 0 Å². The van der Waals surface area contributed by atoms with Crippen molar-refractivity contribution < 1.29 is 19.1 Å². The number of benzene rings is 1. The zero-order valence-electron chi connectivity index (χ0n) is 10.5. The zero-order chi connectivity index (χ0) is 15.4. The van der Waals surface area contributed by atoms with E-state index in [0.29, 0.717) is 0 Å². The number of halogens is 2. The quantitative estimate of drug-likeness (QED) is 0.807. The predicted octanol–water partition coefficient (Wildman–Crippen LogP) is 2.40. The molecule has 9 heteroatoms. The Kier molecular flexibility index (Phi) is 4.39. The summed E-state index contributed by atoms with van der Waals surface area (Å²) in [6.07, 6.45) is 2.61. The summed E-state index contributed by atoms with van der Waals surface area (Å²) in [5.41, 5.74) is 0.203. The Morgan fingerprint density at radius 3 is 2.86 bits per heavy atom. The number of amides is 2. The number of hydrogen-bond acceptors (Lipinski definition) is 3. The summed E-state index contributed by atoms with van der Waals surface area (Å²) in [5, 5.41) is 17.3. The number of carbonyl (C=O) groups excluding carboxylic acids is 1. The van der Waals surface area contributed by atoms with Crippen molar-refractivity contribution in [2.45, 2.75) is 6.54 Å². The van der Waals surface area contributed by atoms with E-state index >= 15 is 0 Å². The van der Waals surface area contributed by atoms with Crippen molar-refractivity contribution >= 4 is 35.0 Å². The fourth-order valence-electron chi connectivity index (χ4n) is 1.53. The molecule has 0 saturated heterocycles. The van der Waals surface area contributed by atoms with E-state index in [1.54, 1.807) is 0 Å². The highest BCUT2D eigenvalue weighted by molar-refractivity contribution is 6.30. The van der Waals surface area contributed by atoms with Gasteiger partial charge in [0, 0.05) is 11.2 Å². The van der Waals surface area contributed by atoms with Gasteiger partial charge in [0.15, 0.2) is 0 Å². The average molecular weight is 313 g/mol. The summed E-state index contributed by atoms with van der Waals surface area (Å²) in [5.74, 6) is -1.69. The summed E-state index contributed by atoms with van der Waals surface area (Å²) >= 11 is 5.70. The van der Waals surface area contributed by atoms with E-state index in [2.05, 4.69) is 15.7 Å². The zero-order valence-corrected chi connectivity index (χ0v) is 11.3. The molecular weight excluding hydrogens is 303 g/mol. The molecular formula is C12H10ClFN4O3. The number of nitrogens with zero attached hydrogens (tertiary/aromatic N) is 2. The highest BCUT2D eigenvalue weighted by atomic mass is 35.5. The third-order valence-corrected chi connectivity index (χ3v) is 2.60. The van der Waals surface area contributed by atoms with Gasteiger partial charge in [0.1, 0.15) is 12.4 Å². The molecule has 3 N–H and O–H groups in total. The lowest BCUT2D eigenvalue weighted by Gasteiger charge is -2.07. The molecule has 0 atom stereocenters. The molecule has 7 nitrogen and oxygen atoms in total. The van der Waals surface area contributed by atoms with Crippen LogP contribution in [0.25, 0.3) is 0 Å². The lowest BCUT2D eigenvalue weighted by molar-refractivity contribution is -0.137. The van der Waals surface area contributed by atoms with E-state index in [1.165, 1.54) is 24.5 Å². The van der Waals surface area contributed by atoms with Crippen LogP contribution in [0.15, 0.2) is 30.6 Å². The predicted molar refractivity (Wildman–Crippen MR) is 73.9 cm³/mol. The van der Waals surface area contributed by atoms with E-state index in [1.807, 2.05) is 0 Å². The molecule has 0 aliphatic heterocycles.